The summed E-state index contributed by atoms with van der Waals surface area (Å²) in [5.41, 5.74) is -8.31. The van der Waals surface area contributed by atoms with E-state index in [2.05, 4.69) is 5.32 Å². The molecule has 58 heavy (non-hydrogen) atoms. The average Bonchev–Trinajstić information content (AvgIpc) is 3.14. The van der Waals surface area contributed by atoms with E-state index < -0.39 is 124 Å². The SMILES string of the molecule is CC(=O)OC12COC1CC(O)C1(C)C(=O)C(=O)C3C(C)[C@@H](OC(=O)C(O)C(NC(=O)OC(C)(C)C)c4ccccc4)CC(O)([C@@H](OC(=O)c4ccccc4)C21)C3(C)C. The van der Waals surface area contributed by atoms with E-state index in [1.807, 2.05) is 0 Å². The van der Waals surface area contributed by atoms with Gasteiger partial charge in [-0.25, -0.2) is 14.4 Å². The van der Waals surface area contributed by atoms with Crippen LogP contribution in [0, 0.1) is 28.6 Å². The van der Waals surface area contributed by atoms with E-state index in [1.54, 1.807) is 90.1 Å². The van der Waals surface area contributed by atoms with Crippen LogP contribution >= 0.6 is 0 Å². The summed E-state index contributed by atoms with van der Waals surface area (Å²) in [6.07, 6.45) is -9.48. The van der Waals surface area contributed by atoms with Crippen LogP contribution in [-0.2, 0) is 42.9 Å². The molecule has 1 saturated heterocycles. The minimum absolute atomic E-state index is 0.0747. The zero-order chi connectivity index (χ0) is 42.7. The molecule has 4 aliphatic rings. The Balaban J connectivity index is 1.46. The van der Waals surface area contributed by atoms with Crippen molar-refractivity contribution in [2.75, 3.05) is 6.61 Å². The summed E-state index contributed by atoms with van der Waals surface area (Å²) in [6.45, 7) is 11.8. The molecule has 0 spiro atoms. The lowest BCUT2D eigenvalue weighted by atomic mass is 9.42. The molecule has 15 heteroatoms. The number of hydrogen-bond acceptors (Lipinski definition) is 14. The summed E-state index contributed by atoms with van der Waals surface area (Å²) in [7, 11) is 0. The second-order valence-corrected chi connectivity index (χ2v) is 17.9. The molecule has 2 bridgehead atoms. The fourth-order valence-electron chi connectivity index (χ4n) is 9.87. The van der Waals surface area contributed by atoms with E-state index in [9.17, 15) is 44.1 Å². The van der Waals surface area contributed by atoms with Gasteiger partial charge < -0.3 is 44.3 Å². The van der Waals surface area contributed by atoms with Crippen molar-refractivity contribution >= 4 is 35.6 Å². The van der Waals surface area contributed by atoms with Gasteiger partial charge in [-0.3, -0.25) is 14.4 Å². The first kappa shape index (κ1) is 42.9. The number of amides is 1. The molecule has 3 aliphatic carbocycles. The predicted octanol–water partition coefficient (Wildman–Crippen LogP) is 3.40. The molecule has 2 aromatic rings. The van der Waals surface area contributed by atoms with Crippen molar-refractivity contribution in [2.24, 2.45) is 28.6 Å². The van der Waals surface area contributed by atoms with E-state index in [-0.39, 0.29) is 18.6 Å². The molecule has 0 radical (unpaired) electrons. The van der Waals surface area contributed by atoms with Crippen LogP contribution in [-0.4, -0.2) is 105 Å². The summed E-state index contributed by atoms with van der Waals surface area (Å²) in [5.74, 6) is -8.93. The lowest BCUT2D eigenvalue weighted by Crippen LogP contribution is -2.82. The fraction of sp³-hybridized carbons (Fsp3) is 0.581. The summed E-state index contributed by atoms with van der Waals surface area (Å²) in [4.78, 5) is 83.6. The molecule has 1 heterocycles. The zero-order valence-corrected chi connectivity index (χ0v) is 33.9. The molecule has 12 atom stereocenters. The van der Waals surface area contributed by atoms with E-state index >= 15 is 0 Å². The van der Waals surface area contributed by atoms with Crippen LogP contribution in [0.25, 0.3) is 0 Å². The minimum atomic E-state index is -2.36. The highest BCUT2D eigenvalue weighted by Gasteiger charge is 2.79. The molecule has 1 aliphatic heterocycles. The smallest absolute Gasteiger partial charge is 0.408 e. The third kappa shape index (κ3) is 7.09. The van der Waals surface area contributed by atoms with E-state index in [0.717, 1.165) is 6.92 Å². The lowest BCUT2D eigenvalue weighted by Gasteiger charge is -2.67. The van der Waals surface area contributed by atoms with Crippen molar-refractivity contribution in [2.45, 2.75) is 122 Å². The summed E-state index contributed by atoms with van der Waals surface area (Å²) < 4.78 is 29.5. The number of esters is 3. The Morgan fingerprint density at radius 3 is 2.10 bits per heavy atom. The number of aliphatic hydroxyl groups is 3. The van der Waals surface area contributed by atoms with Crippen molar-refractivity contribution in [1.29, 1.82) is 0 Å². The van der Waals surface area contributed by atoms with Gasteiger partial charge in [0.15, 0.2) is 11.7 Å². The Bertz CT molecular complexity index is 1950. The van der Waals surface area contributed by atoms with Gasteiger partial charge in [0.1, 0.15) is 29.5 Å². The summed E-state index contributed by atoms with van der Waals surface area (Å²) in [6, 6.07) is 14.6. The normalized spacial score (nSPS) is 34.9. The minimum Gasteiger partial charge on any atom is -0.460 e. The standard InChI is InChI=1S/C43H53NO14/c1-22-26(55-37(51)32(48)30(24-15-11-9-12-16-24)44-38(52)58-39(3,4)5)20-43(53)35(56-36(50)25-17-13-10-14-18-25)33-41(8,34(49)31(47)29(22)40(43,6)7)27(46)19-28-42(33,21-54-28)57-23(2)45/h9-18,22,26-30,32-33,35,46,48,53H,19-21H2,1-8H3,(H,44,52)/t22?,26-,27?,28?,29?,30?,32?,33?,35-,41?,42?,43?/m0/s1. The molecule has 3 saturated carbocycles. The van der Waals surface area contributed by atoms with Gasteiger partial charge in [0.2, 0.25) is 11.6 Å². The number of carbonyl (C=O) groups is 6. The molecular weight excluding hydrogens is 754 g/mol. The number of alkyl carbamates (subject to hydrolysis) is 1. The maximum absolute atomic E-state index is 14.9. The van der Waals surface area contributed by atoms with Crippen LogP contribution in [0.5, 0.6) is 0 Å². The van der Waals surface area contributed by atoms with Gasteiger partial charge in [-0.15, -0.1) is 0 Å². The van der Waals surface area contributed by atoms with Gasteiger partial charge in [-0.1, -0.05) is 69.3 Å². The Hall–Kier alpha value is -4.70. The second kappa shape index (κ2) is 15.2. The first-order chi connectivity index (χ1) is 27.0. The molecule has 1 amide bonds. The maximum Gasteiger partial charge on any atom is 0.408 e. The quantitative estimate of drug-likeness (QED) is 0.171. The number of Topliss-reactive ketones (excluding diaryl/α,β-unsaturated/α-hetero) is 2. The Labute approximate surface area is 336 Å². The van der Waals surface area contributed by atoms with Crippen LogP contribution < -0.4 is 5.32 Å². The Morgan fingerprint density at radius 1 is 0.948 bits per heavy atom. The summed E-state index contributed by atoms with van der Waals surface area (Å²) in [5, 5.41) is 39.3. The van der Waals surface area contributed by atoms with E-state index in [1.165, 1.54) is 19.1 Å². The first-order valence-electron chi connectivity index (χ1n) is 19.5. The van der Waals surface area contributed by atoms with Gasteiger partial charge >= 0.3 is 24.0 Å². The van der Waals surface area contributed by atoms with Crippen LogP contribution in [0.4, 0.5) is 4.79 Å². The third-order valence-corrected chi connectivity index (χ3v) is 12.9. The average molecular weight is 808 g/mol. The zero-order valence-electron chi connectivity index (χ0n) is 33.9. The lowest BCUT2D eigenvalue weighted by molar-refractivity contribution is -0.350. The highest BCUT2D eigenvalue weighted by molar-refractivity contribution is 6.40. The monoisotopic (exact) mass is 807 g/mol. The number of nitrogens with one attached hydrogen (secondary N) is 1. The number of ether oxygens (including phenoxy) is 5. The fourth-order valence-corrected chi connectivity index (χ4v) is 9.87. The highest BCUT2D eigenvalue weighted by Crippen LogP contribution is 2.64. The van der Waals surface area contributed by atoms with E-state index in [0.29, 0.717) is 5.56 Å². The Morgan fingerprint density at radius 2 is 1.55 bits per heavy atom. The van der Waals surface area contributed by atoms with Crippen molar-refractivity contribution in [3.63, 3.8) is 0 Å². The number of hydrogen-bond donors (Lipinski definition) is 4. The highest BCUT2D eigenvalue weighted by atomic mass is 16.6. The third-order valence-electron chi connectivity index (χ3n) is 12.9. The first-order valence-corrected chi connectivity index (χ1v) is 19.5. The predicted molar refractivity (Wildman–Crippen MR) is 203 cm³/mol. The molecule has 4 fully saturated rings. The van der Waals surface area contributed by atoms with Gasteiger partial charge in [0.05, 0.1) is 35.6 Å². The molecule has 10 unspecified atom stereocenters. The van der Waals surface area contributed by atoms with Crippen molar-refractivity contribution < 1.29 is 67.8 Å². The van der Waals surface area contributed by atoms with Gasteiger partial charge in [-0.2, -0.15) is 0 Å². The molecule has 2 aromatic carbocycles. The molecule has 6 rings (SSSR count). The molecular formula is C43H53NO14. The summed E-state index contributed by atoms with van der Waals surface area (Å²) >= 11 is 0. The number of aliphatic hydroxyl groups excluding tert-OH is 2. The van der Waals surface area contributed by atoms with Gasteiger partial charge in [-0.05, 0) is 45.4 Å². The van der Waals surface area contributed by atoms with E-state index in [4.69, 9.17) is 23.7 Å². The number of rotatable bonds is 8. The Kier molecular flexibility index (Phi) is 11.2. The van der Waals surface area contributed by atoms with Crippen LogP contribution in [0.15, 0.2) is 60.7 Å². The topological polar surface area (TPSA) is 221 Å². The number of carbonyl (C=O) groups excluding carboxylic acids is 6. The molecule has 15 nitrogen and oxygen atoms in total. The largest absolute Gasteiger partial charge is 0.460 e. The number of ketones is 2. The second-order valence-electron chi connectivity index (χ2n) is 17.9. The van der Waals surface area contributed by atoms with Crippen molar-refractivity contribution in [3.05, 3.63) is 71.8 Å². The molecule has 4 N–H and O–H groups in total. The maximum atomic E-state index is 14.9. The number of benzene rings is 2. The van der Waals surface area contributed by atoms with Crippen molar-refractivity contribution in [3.8, 4) is 0 Å². The van der Waals surface area contributed by atoms with Crippen LogP contribution in [0.2, 0.25) is 0 Å². The van der Waals surface area contributed by atoms with Crippen LogP contribution in [0.3, 0.4) is 0 Å². The number of fused-ring (bicyclic) bond motifs is 5. The van der Waals surface area contributed by atoms with Gasteiger partial charge in [0.25, 0.3) is 0 Å². The van der Waals surface area contributed by atoms with Crippen molar-refractivity contribution in [1.82, 2.24) is 5.32 Å². The molecule has 314 valence electrons. The van der Waals surface area contributed by atoms with Crippen LogP contribution in [0.1, 0.15) is 90.2 Å². The van der Waals surface area contributed by atoms with Gasteiger partial charge in [0, 0.05) is 37.0 Å². The molecule has 0 aromatic heterocycles.